The van der Waals surface area contributed by atoms with Gasteiger partial charge in [0.05, 0.1) is 26.0 Å². The van der Waals surface area contributed by atoms with Gasteiger partial charge in [-0.15, -0.1) is 0 Å². The highest BCUT2D eigenvalue weighted by molar-refractivity contribution is 5.90. The Morgan fingerprint density at radius 3 is 2.46 bits per heavy atom. The molecule has 8 heteroatoms. The van der Waals surface area contributed by atoms with Crippen LogP contribution in [-0.4, -0.2) is 53.9 Å². The Morgan fingerprint density at radius 2 is 1.85 bits per heavy atom. The summed E-state index contributed by atoms with van der Waals surface area (Å²) >= 11 is 0. The summed E-state index contributed by atoms with van der Waals surface area (Å²) in [5.41, 5.74) is 2.45. The molecule has 1 amide bonds. The zero-order valence-electron chi connectivity index (χ0n) is 15.0. The summed E-state index contributed by atoms with van der Waals surface area (Å²) in [4.78, 5) is 26.0. The van der Waals surface area contributed by atoms with Gasteiger partial charge in [0.25, 0.3) is 5.91 Å². The minimum Gasteiger partial charge on any atom is -0.493 e. The summed E-state index contributed by atoms with van der Waals surface area (Å²) in [5.74, 6) is 0.512. The number of methoxy groups -OCH3 is 2. The topological polar surface area (TPSA) is 82.9 Å². The lowest BCUT2D eigenvalue weighted by Crippen LogP contribution is -2.38. The van der Waals surface area contributed by atoms with E-state index in [9.17, 15) is 9.59 Å². The van der Waals surface area contributed by atoms with Crippen LogP contribution in [-0.2, 0) is 29.5 Å². The maximum Gasteiger partial charge on any atom is 0.341 e. The van der Waals surface area contributed by atoms with Gasteiger partial charge in [-0.2, -0.15) is 5.10 Å². The number of esters is 1. The molecule has 0 saturated carbocycles. The fraction of sp³-hybridized carbons (Fsp3) is 0.389. The number of hydrogen-bond acceptors (Lipinski definition) is 6. The molecular weight excluding hydrogens is 338 g/mol. The predicted molar refractivity (Wildman–Crippen MR) is 92.2 cm³/mol. The van der Waals surface area contributed by atoms with E-state index in [1.54, 1.807) is 32.4 Å². The van der Waals surface area contributed by atoms with Crippen LogP contribution in [0.15, 0.2) is 24.5 Å². The maximum absolute atomic E-state index is 12.4. The van der Waals surface area contributed by atoms with Gasteiger partial charge in [0.15, 0.2) is 18.1 Å². The van der Waals surface area contributed by atoms with Crippen LogP contribution in [0.4, 0.5) is 0 Å². The summed E-state index contributed by atoms with van der Waals surface area (Å²) in [6.07, 6.45) is 3.66. The van der Waals surface area contributed by atoms with Gasteiger partial charge in [0.2, 0.25) is 0 Å². The first-order chi connectivity index (χ1) is 12.5. The molecular formula is C18H21N3O5. The SMILES string of the molecule is COc1cc2c(cc1OC)CN(C(=O)COC(=O)c1cnn(C)c1)CC2. The molecule has 3 rings (SSSR count). The normalized spacial score (nSPS) is 13.1. The third-order valence-electron chi connectivity index (χ3n) is 4.34. The third-order valence-corrected chi connectivity index (χ3v) is 4.34. The lowest BCUT2D eigenvalue weighted by atomic mass is 9.99. The summed E-state index contributed by atoms with van der Waals surface area (Å²) < 4.78 is 17.2. The van der Waals surface area contributed by atoms with Gasteiger partial charge in [0.1, 0.15) is 0 Å². The van der Waals surface area contributed by atoms with Crippen molar-refractivity contribution in [1.29, 1.82) is 0 Å². The molecule has 138 valence electrons. The smallest absolute Gasteiger partial charge is 0.341 e. The van der Waals surface area contributed by atoms with E-state index < -0.39 is 5.97 Å². The zero-order valence-corrected chi connectivity index (χ0v) is 15.0. The number of aryl methyl sites for hydroxylation is 1. The van der Waals surface area contributed by atoms with Crippen molar-refractivity contribution in [1.82, 2.24) is 14.7 Å². The Morgan fingerprint density at radius 1 is 1.15 bits per heavy atom. The van der Waals surface area contributed by atoms with Crippen LogP contribution in [0, 0.1) is 0 Å². The van der Waals surface area contributed by atoms with Crippen molar-refractivity contribution in [3.8, 4) is 11.5 Å². The molecule has 0 fully saturated rings. The fourth-order valence-corrected chi connectivity index (χ4v) is 2.92. The second-order valence-corrected chi connectivity index (χ2v) is 6.02. The van der Waals surface area contributed by atoms with Gasteiger partial charge in [-0.3, -0.25) is 9.48 Å². The van der Waals surface area contributed by atoms with E-state index in [0.717, 1.165) is 11.1 Å². The van der Waals surface area contributed by atoms with Crippen molar-refractivity contribution in [2.24, 2.45) is 7.05 Å². The Labute approximate surface area is 151 Å². The monoisotopic (exact) mass is 359 g/mol. The molecule has 0 spiro atoms. The first-order valence-electron chi connectivity index (χ1n) is 8.19. The van der Waals surface area contributed by atoms with Crippen LogP contribution in [0.25, 0.3) is 0 Å². The van der Waals surface area contributed by atoms with E-state index in [0.29, 0.717) is 36.6 Å². The fourth-order valence-electron chi connectivity index (χ4n) is 2.92. The molecule has 0 unspecified atom stereocenters. The van der Waals surface area contributed by atoms with E-state index in [-0.39, 0.29) is 12.5 Å². The molecule has 2 aromatic rings. The maximum atomic E-state index is 12.4. The average Bonchev–Trinajstić information content (AvgIpc) is 3.10. The number of nitrogens with zero attached hydrogens (tertiary/aromatic N) is 3. The number of fused-ring (bicyclic) bond motifs is 1. The zero-order chi connectivity index (χ0) is 18.7. The summed E-state index contributed by atoms with van der Waals surface area (Å²) in [7, 11) is 4.88. The van der Waals surface area contributed by atoms with Crippen molar-refractivity contribution in [2.75, 3.05) is 27.4 Å². The second-order valence-electron chi connectivity index (χ2n) is 6.02. The lowest BCUT2D eigenvalue weighted by Gasteiger charge is -2.29. The number of rotatable bonds is 5. The molecule has 0 atom stereocenters. The summed E-state index contributed by atoms with van der Waals surface area (Å²) in [5, 5.41) is 3.91. The Kier molecular flexibility index (Phi) is 5.11. The van der Waals surface area contributed by atoms with Crippen LogP contribution in [0.3, 0.4) is 0 Å². The summed E-state index contributed by atoms with van der Waals surface area (Å²) in [6, 6.07) is 3.83. The second kappa shape index (κ2) is 7.47. The standard InChI is InChI=1S/C18H21N3O5/c1-20-9-14(8-19-20)18(23)26-11-17(22)21-5-4-12-6-15(24-2)16(25-3)7-13(12)10-21/h6-9H,4-5,10-11H2,1-3H3. The summed E-state index contributed by atoms with van der Waals surface area (Å²) in [6.45, 7) is 0.709. The highest BCUT2D eigenvalue weighted by Gasteiger charge is 2.24. The van der Waals surface area contributed by atoms with Crippen molar-refractivity contribution in [3.63, 3.8) is 0 Å². The number of carbonyl (C=O) groups excluding carboxylic acids is 2. The number of hydrogen-bond donors (Lipinski definition) is 0. The Bertz CT molecular complexity index is 830. The third kappa shape index (κ3) is 3.63. The molecule has 0 bridgehead atoms. The van der Waals surface area contributed by atoms with E-state index in [4.69, 9.17) is 14.2 Å². The lowest BCUT2D eigenvalue weighted by molar-refractivity contribution is -0.135. The van der Waals surface area contributed by atoms with Crippen LogP contribution in [0.5, 0.6) is 11.5 Å². The predicted octanol–water partition coefficient (Wildman–Crippen LogP) is 1.18. The molecule has 1 aliphatic rings. The molecule has 1 aliphatic heterocycles. The molecule has 0 aliphatic carbocycles. The van der Waals surface area contributed by atoms with Crippen molar-refractivity contribution in [3.05, 3.63) is 41.2 Å². The van der Waals surface area contributed by atoms with Crippen molar-refractivity contribution < 1.29 is 23.8 Å². The molecule has 0 saturated heterocycles. The van der Waals surface area contributed by atoms with E-state index in [2.05, 4.69) is 5.10 Å². The molecule has 8 nitrogen and oxygen atoms in total. The quantitative estimate of drug-likeness (QED) is 0.746. The van der Waals surface area contributed by atoms with Crippen LogP contribution in [0.2, 0.25) is 0 Å². The van der Waals surface area contributed by atoms with Crippen LogP contribution in [0.1, 0.15) is 21.5 Å². The molecule has 1 aromatic carbocycles. The van der Waals surface area contributed by atoms with Gasteiger partial charge < -0.3 is 19.1 Å². The molecule has 0 radical (unpaired) electrons. The Hall–Kier alpha value is -3.03. The van der Waals surface area contributed by atoms with Gasteiger partial charge in [-0.05, 0) is 29.7 Å². The number of carbonyl (C=O) groups is 2. The largest absolute Gasteiger partial charge is 0.493 e. The van der Waals surface area contributed by atoms with E-state index in [1.165, 1.54) is 10.9 Å². The average molecular weight is 359 g/mol. The first-order valence-corrected chi connectivity index (χ1v) is 8.19. The van der Waals surface area contributed by atoms with Gasteiger partial charge >= 0.3 is 5.97 Å². The van der Waals surface area contributed by atoms with Gasteiger partial charge in [0, 0.05) is 26.3 Å². The Balaban J connectivity index is 1.62. The van der Waals surface area contributed by atoms with Gasteiger partial charge in [-0.25, -0.2) is 4.79 Å². The molecule has 1 aromatic heterocycles. The minimum absolute atomic E-state index is 0.234. The highest BCUT2D eigenvalue weighted by Crippen LogP contribution is 2.33. The minimum atomic E-state index is -0.560. The van der Waals surface area contributed by atoms with E-state index in [1.807, 2.05) is 12.1 Å². The number of amides is 1. The van der Waals surface area contributed by atoms with Crippen molar-refractivity contribution >= 4 is 11.9 Å². The van der Waals surface area contributed by atoms with Crippen molar-refractivity contribution in [2.45, 2.75) is 13.0 Å². The van der Waals surface area contributed by atoms with Crippen LogP contribution < -0.4 is 9.47 Å². The highest BCUT2D eigenvalue weighted by atomic mass is 16.5. The molecule has 26 heavy (non-hydrogen) atoms. The van der Waals surface area contributed by atoms with Gasteiger partial charge in [-0.1, -0.05) is 0 Å². The number of ether oxygens (including phenoxy) is 3. The number of aromatic nitrogens is 2. The first kappa shape index (κ1) is 17.8. The molecule has 0 N–H and O–H groups in total. The number of benzene rings is 1. The van der Waals surface area contributed by atoms with E-state index >= 15 is 0 Å². The van der Waals surface area contributed by atoms with Crippen LogP contribution >= 0.6 is 0 Å². The molecule has 2 heterocycles.